The highest BCUT2D eigenvalue weighted by molar-refractivity contribution is 5.76. The maximum Gasteiger partial charge on any atom is 0.117 e. The summed E-state index contributed by atoms with van der Waals surface area (Å²) in [5.74, 6) is 1.13. The van der Waals surface area contributed by atoms with Gasteiger partial charge in [-0.2, -0.15) is 0 Å². The Morgan fingerprint density at radius 3 is 2.88 bits per heavy atom. The highest BCUT2D eigenvalue weighted by atomic mass is 16.3. The molecule has 1 atom stereocenters. The van der Waals surface area contributed by atoms with Crippen LogP contribution in [-0.2, 0) is 5.41 Å². The van der Waals surface area contributed by atoms with E-state index < -0.39 is 0 Å². The van der Waals surface area contributed by atoms with Gasteiger partial charge in [0.25, 0.3) is 0 Å². The molecule has 0 aliphatic carbocycles. The predicted octanol–water partition coefficient (Wildman–Crippen LogP) is 1.89. The molecule has 0 spiro atoms. The number of H-pyrrole nitrogens is 1. The summed E-state index contributed by atoms with van der Waals surface area (Å²) in [5, 5.41) is 9.38. The zero-order chi connectivity index (χ0) is 11.8. The standard InChI is InChI=1S/C12H17N3O/c1-3-12(2,7-13)11-14-9-5-4-8(16)6-10(9)15-11/h4-6,16H,3,7,13H2,1-2H3,(H,14,15). The molecule has 16 heavy (non-hydrogen) atoms. The van der Waals surface area contributed by atoms with Gasteiger partial charge in [-0.1, -0.05) is 13.8 Å². The summed E-state index contributed by atoms with van der Waals surface area (Å²) in [7, 11) is 0. The molecular formula is C12H17N3O. The normalized spacial score (nSPS) is 15.2. The number of phenols is 1. The van der Waals surface area contributed by atoms with E-state index in [0.717, 1.165) is 23.3 Å². The first-order valence-electron chi connectivity index (χ1n) is 5.48. The van der Waals surface area contributed by atoms with Gasteiger partial charge in [-0.05, 0) is 18.6 Å². The fourth-order valence-electron chi connectivity index (χ4n) is 1.69. The van der Waals surface area contributed by atoms with Gasteiger partial charge < -0.3 is 15.8 Å². The van der Waals surface area contributed by atoms with Crippen molar-refractivity contribution in [2.75, 3.05) is 6.54 Å². The van der Waals surface area contributed by atoms with Crippen molar-refractivity contribution in [3.63, 3.8) is 0 Å². The Morgan fingerprint density at radius 2 is 2.25 bits per heavy atom. The van der Waals surface area contributed by atoms with Gasteiger partial charge >= 0.3 is 0 Å². The lowest BCUT2D eigenvalue weighted by Gasteiger charge is -2.23. The Bertz CT molecular complexity index is 500. The Labute approximate surface area is 94.5 Å². The molecule has 0 fully saturated rings. The number of hydrogen-bond acceptors (Lipinski definition) is 3. The third-order valence-electron chi connectivity index (χ3n) is 3.27. The maximum atomic E-state index is 9.38. The molecule has 4 nitrogen and oxygen atoms in total. The molecule has 2 rings (SSSR count). The number of hydrogen-bond donors (Lipinski definition) is 3. The topological polar surface area (TPSA) is 74.9 Å². The number of nitrogens with one attached hydrogen (secondary N) is 1. The molecule has 86 valence electrons. The number of nitrogens with two attached hydrogens (primary N) is 1. The van der Waals surface area contributed by atoms with Crippen molar-refractivity contribution in [1.29, 1.82) is 0 Å². The van der Waals surface area contributed by atoms with E-state index in [1.807, 2.05) is 0 Å². The van der Waals surface area contributed by atoms with Crippen LogP contribution in [0.25, 0.3) is 11.0 Å². The largest absolute Gasteiger partial charge is 0.508 e. The van der Waals surface area contributed by atoms with E-state index >= 15 is 0 Å². The Balaban J connectivity index is 2.54. The zero-order valence-corrected chi connectivity index (χ0v) is 9.62. The highest BCUT2D eigenvalue weighted by Crippen LogP contribution is 2.27. The van der Waals surface area contributed by atoms with Crippen molar-refractivity contribution in [3.8, 4) is 5.75 Å². The number of aromatic nitrogens is 2. The molecule has 2 aromatic rings. The smallest absolute Gasteiger partial charge is 0.117 e. The van der Waals surface area contributed by atoms with E-state index in [1.54, 1.807) is 18.2 Å². The summed E-state index contributed by atoms with van der Waals surface area (Å²) in [5.41, 5.74) is 7.37. The molecule has 0 saturated carbocycles. The molecule has 1 aromatic carbocycles. The molecule has 1 aromatic heterocycles. The van der Waals surface area contributed by atoms with Gasteiger partial charge in [0.2, 0.25) is 0 Å². The zero-order valence-electron chi connectivity index (χ0n) is 9.62. The van der Waals surface area contributed by atoms with Crippen molar-refractivity contribution in [2.45, 2.75) is 25.7 Å². The van der Waals surface area contributed by atoms with E-state index in [0.29, 0.717) is 6.54 Å². The molecule has 0 saturated heterocycles. The fraction of sp³-hybridized carbons (Fsp3) is 0.417. The summed E-state index contributed by atoms with van der Waals surface area (Å²) >= 11 is 0. The van der Waals surface area contributed by atoms with Gasteiger partial charge in [0.05, 0.1) is 11.0 Å². The van der Waals surface area contributed by atoms with Crippen molar-refractivity contribution < 1.29 is 5.11 Å². The van der Waals surface area contributed by atoms with Crippen LogP contribution in [0, 0.1) is 0 Å². The van der Waals surface area contributed by atoms with Crippen LogP contribution < -0.4 is 5.73 Å². The average Bonchev–Trinajstić information content (AvgIpc) is 2.71. The fourth-order valence-corrected chi connectivity index (χ4v) is 1.69. The van der Waals surface area contributed by atoms with Crippen molar-refractivity contribution in [1.82, 2.24) is 9.97 Å². The van der Waals surface area contributed by atoms with Crippen molar-refractivity contribution >= 4 is 11.0 Å². The van der Waals surface area contributed by atoms with Gasteiger partial charge in [0, 0.05) is 18.0 Å². The monoisotopic (exact) mass is 219 g/mol. The number of nitrogens with zero attached hydrogens (tertiary/aromatic N) is 1. The molecule has 0 bridgehead atoms. The number of aromatic hydroxyl groups is 1. The molecule has 0 amide bonds. The maximum absolute atomic E-state index is 9.38. The Kier molecular flexibility index (Phi) is 2.59. The second kappa shape index (κ2) is 3.79. The van der Waals surface area contributed by atoms with Gasteiger partial charge in [0.15, 0.2) is 0 Å². The number of benzene rings is 1. The van der Waals surface area contributed by atoms with Gasteiger partial charge in [-0.15, -0.1) is 0 Å². The molecule has 0 aliphatic rings. The van der Waals surface area contributed by atoms with Gasteiger partial charge in [-0.3, -0.25) is 0 Å². The van der Waals surface area contributed by atoms with Crippen LogP contribution in [0.1, 0.15) is 26.1 Å². The predicted molar refractivity (Wildman–Crippen MR) is 64.5 cm³/mol. The number of fused-ring (bicyclic) bond motifs is 1. The first-order valence-corrected chi connectivity index (χ1v) is 5.48. The van der Waals surface area contributed by atoms with E-state index in [9.17, 15) is 5.11 Å². The number of rotatable bonds is 3. The molecule has 4 heteroatoms. The first kappa shape index (κ1) is 11.0. The van der Waals surface area contributed by atoms with Crippen molar-refractivity contribution in [3.05, 3.63) is 24.0 Å². The van der Waals surface area contributed by atoms with E-state index in [2.05, 4.69) is 23.8 Å². The summed E-state index contributed by atoms with van der Waals surface area (Å²) in [6.07, 6.45) is 0.926. The number of aromatic amines is 1. The van der Waals surface area contributed by atoms with E-state index in [4.69, 9.17) is 5.73 Å². The van der Waals surface area contributed by atoms with Crippen LogP contribution in [0.5, 0.6) is 5.75 Å². The lowest BCUT2D eigenvalue weighted by Crippen LogP contribution is -2.32. The SMILES string of the molecule is CCC(C)(CN)c1nc2ccc(O)cc2[nH]1. The average molecular weight is 219 g/mol. The quantitative estimate of drug-likeness (QED) is 0.738. The van der Waals surface area contributed by atoms with Crippen LogP contribution in [0.15, 0.2) is 18.2 Å². The molecule has 0 radical (unpaired) electrons. The molecular weight excluding hydrogens is 202 g/mol. The summed E-state index contributed by atoms with van der Waals surface area (Å²) < 4.78 is 0. The second-order valence-corrected chi connectivity index (χ2v) is 4.41. The van der Waals surface area contributed by atoms with E-state index in [-0.39, 0.29) is 11.2 Å². The lowest BCUT2D eigenvalue weighted by molar-refractivity contribution is 0.443. The number of imidazole rings is 1. The summed E-state index contributed by atoms with van der Waals surface area (Å²) in [6, 6.07) is 5.12. The van der Waals surface area contributed by atoms with Crippen LogP contribution in [0.3, 0.4) is 0 Å². The van der Waals surface area contributed by atoms with E-state index in [1.165, 1.54) is 0 Å². The molecule has 0 aliphatic heterocycles. The number of phenolic OH excluding ortho intramolecular Hbond substituents is 1. The lowest BCUT2D eigenvalue weighted by atomic mass is 9.87. The summed E-state index contributed by atoms with van der Waals surface area (Å²) in [4.78, 5) is 7.75. The highest BCUT2D eigenvalue weighted by Gasteiger charge is 2.26. The van der Waals surface area contributed by atoms with Crippen LogP contribution in [0.4, 0.5) is 0 Å². The third-order valence-corrected chi connectivity index (χ3v) is 3.27. The molecule has 4 N–H and O–H groups in total. The van der Waals surface area contributed by atoms with Crippen LogP contribution >= 0.6 is 0 Å². The molecule has 1 unspecified atom stereocenters. The van der Waals surface area contributed by atoms with Crippen molar-refractivity contribution in [2.24, 2.45) is 5.73 Å². The van der Waals surface area contributed by atoms with Crippen LogP contribution in [0.2, 0.25) is 0 Å². The first-order chi connectivity index (χ1) is 7.59. The van der Waals surface area contributed by atoms with Gasteiger partial charge in [0.1, 0.15) is 11.6 Å². The second-order valence-electron chi connectivity index (χ2n) is 4.41. The molecule has 1 heterocycles. The minimum Gasteiger partial charge on any atom is -0.508 e. The Hall–Kier alpha value is -1.55. The summed E-state index contributed by atoms with van der Waals surface area (Å²) in [6.45, 7) is 4.73. The third kappa shape index (κ3) is 1.65. The minimum atomic E-state index is -0.130. The minimum absolute atomic E-state index is 0.130. The Morgan fingerprint density at radius 1 is 1.50 bits per heavy atom. The van der Waals surface area contributed by atoms with Crippen LogP contribution in [-0.4, -0.2) is 21.6 Å². The van der Waals surface area contributed by atoms with Gasteiger partial charge in [-0.25, -0.2) is 4.98 Å².